The van der Waals surface area contributed by atoms with Crippen LogP contribution >= 0.6 is 0 Å². The Balaban J connectivity index is 2.79. The number of hydrogen-bond acceptors (Lipinski definition) is 4. The van der Waals surface area contributed by atoms with E-state index in [1.54, 1.807) is 13.0 Å². The van der Waals surface area contributed by atoms with Crippen molar-refractivity contribution in [2.75, 3.05) is 13.6 Å². The average Bonchev–Trinajstić information content (AvgIpc) is 2.64. The van der Waals surface area contributed by atoms with Crippen LogP contribution in [-0.4, -0.2) is 32.2 Å². The normalized spacial score (nSPS) is 11.8. The standard InChI is InChI=1S/C10H16N2O4S/c1-4-6-12(3)17(14,15)11-10(13)9-8(2)5-7-16-9/h5,7H,4,6H2,1-3H3,(H,11,13). The van der Waals surface area contributed by atoms with Gasteiger partial charge in [-0.3, -0.25) is 4.79 Å². The minimum absolute atomic E-state index is 0.0125. The topological polar surface area (TPSA) is 79.6 Å². The third kappa shape index (κ3) is 3.31. The predicted molar refractivity (Wildman–Crippen MR) is 62.8 cm³/mol. The zero-order valence-electron chi connectivity index (χ0n) is 10.1. The fraction of sp³-hybridized carbons (Fsp3) is 0.500. The highest BCUT2D eigenvalue weighted by Crippen LogP contribution is 2.09. The van der Waals surface area contributed by atoms with Crippen LogP contribution in [0.2, 0.25) is 0 Å². The van der Waals surface area contributed by atoms with Crippen LogP contribution < -0.4 is 4.72 Å². The zero-order chi connectivity index (χ0) is 13.1. The number of rotatable bonds is 5. The maximum atomic E-state index is 11.7. The molecule has 1 N–H and O–H groups in total. The molecule has 1 amide bonds. The first-order valence-corrected chi connectivity index (χ1v) is 6.65. The Bertz CT molecular complexity index is 492. The molecule has 1 rings (SSSR count). The quantitative estimate of drug-likeness (QED) is 0.853. The molecule has 0 spiro atoms. The molecule has 0 aromatic carbocycles. The van der Waals surface area contributed by atoms with E-state index in [4.69, 9.17) is 4.42 Å². The van der Waals surface area contributed by atoms with E-state index in [0.717, 1.165) is 4.31 Å². The van der Waals surface area contributed by atoms with Gasteiger partial charge in [-0.25, -0.2) is 4.72 Å². The second kappa shape index (κ2) is 5.33. The summed E-state index contributed by atoms with van der Waals surface area (Å²) in [6.07, 6.45) is 2.01. The van der Waals surface area contributed by atoms with Crippen molar-refractivity contribution in [3.8, 4) is 0 Å². The van der Waals surface area contributed by atoms with Crippen molar-refractivity contribution >= 4 is 16.1 Å². The zero-order valence-corrected chi connectivity index (χ0v) is 10.9. The predicted octanol–water partition coefficient (Wildman–Crippen LogP) is 0.904. The lowest BCUT2D eigenvalue weighted by Crippen LogP contribution is -2.41. The fourth-order valence-corrected chi connectivity index (χ4v) is 2.19. The Morgan fingerprint density at radius 3 is 2.65 bits per heavy atom. The van der Waals surface area contributed by atoms with Crippen LogP contribution in [0, 0.1) is 6.92 Å². The Morgan fingerprint density at radius 2 is 2.18 bits per heavy atom. The minimum atomic E-state index is -3.79. The molecule has 1 heterocycles. The second-order valence-electron chi connectivity index (χ2n) is 3.69. The van der Waals surface area contributed by atoms with E-state index in [1.807, 2.05) is 11.6 Å². The number of nitrogens with one attached hydrogen (secondary N) is 1. The minimum Gasteiger partial charge on any atom is -0.459 e. The van der Waals surface area contributed by atoms with E-state index in [2.05, 4.69) is 0 Å². The third-order valence-electron chi connectivity index (χ3n) is 2.24. The lowest BCUT2D eigenvalue weighted by molar-refractivity contribution is 0.0951. The highest BCUT2D eigenvalue weighted by atomic mass is 32.2. The maximum Gasteiger partial charge on any atom is 0.303 e. The summed E-state index contributed by atoms with van der Waals surface area (Å²) in [6.45, 7) is 3.87. The molecule has 1 aromatic rings. The van der Waals surface area contributed by atoms with Crippen molar-refractivity contribution in [3.63, 3.8) is 0 Å². The molecule has 0 atom stereocenters. The molecule has 0 aliphatic rings. The number of aryl methyl sites for hydroxylation is 1. The van der Waals surface area contributed by atoms with Gasteiger partial charge in [0.15, 0.2) is 5.76 Å². The molecule has 0 saturated heterocycles. The summed E-state index contributed by atoms with van der Waals surface area (Å²) < 4.78 is 31.3. The molecular weight excluding hydrogens is 244 g/mol. The number of amides is 1. The van der Waals surface area contributed by atoms with Crippen molar-refractivity contribution in [2.45, 2.75) is 20.3 Å². The van der Waals surface area contributed by atoms with Gasteiger partial charge in [0.05, 0.1) is 6.26 Å². The SMILES string of the molecule is CCCN(C)S(=O)(=O)NC(=O)c1occc1C. The number of carbonyl (C=O) groups excluding carboxylic acids is 1. The van der Waals surface area contributed by atoms with Gasteiger partial charge in [0.1, 0.15) is 0 Å². The van der Waals surface area contributed by atoms with Crippen LogP contribution in [0.25, 0.3) is 0 Å². The molecule has 0 radical (unpaired) electrons. The maximum absolute atomic E-state index is 11.7. The second-order valence-corrected chi connectivity index (χ2v) is 5.47. The summed E-state index contributed by atoms with van der Waals surface area (Å²) in [6, 6.07) is 1.59. The molecule has 0 fully saturated rings. The molecule has 0 aliphatic carbocycles. The van der Waals surface area contributed by atoms with Gasteiger partial charge in [-0.15, -0.1) is 0 Å². The van der Waals surface area contributed by atoms with Gasteiger partial charge in [-0.1, -0.05) is 6.92 Å². The molecule has 0 unspecified atom stereocenters. The van der Waals surface area contributed by atoms with E-state index < -0.39 is 16.1 Å². The summed E-state index contributed by atoms with van der Waals surface area (Å²) in [5, 5.41) is 0. The van der Waals surface area contributed by atoms with Gasteiger partial charge in [-0.05, 0) is 19.4 Å². The van der Waals surface area contributed by atoms with E-state index in [0.29, 0.717) is 18.5 Å². The van der Waals surface area contributed by atoms with Gasteiger partial charge in [0, 0.05) is 19.2 Å². The first kappa shape index (κ1) is 13.7. The van der Waals surface area contributed by atoms with E-state index in [-0.39, 0.29) is 5.76 Å². The fourth-order valence-electron chi connectivity index (χ4n) is 1.28. The first-order valence-electron chi connectivity index (χ1n) is 5.21. The van der Waals surface area contributed by atoms with Gasteiger partial charge < -0.3 is 4.42 Å². The van der Waals surface area contributed by atoms with Crippen LogP contribution in [0.1, 0.15) is 29.5 Å². The lowest BCUT2D eigenvalue weighted by Gasteiger charge is -2.16. The van der Waals surface area contributed by atoms with Crippen LogP contribution in [0.3, 0.4) is 0 Å². The van der Waals surface area contributed by atoms with Crippen molar-refractivity contribution in [1.29, 1.82) is 0 Å². The smallest absolute Gasteiger partial charge is 0.303 e. The number of carbonyl (C=O) groups is 1. The van der Waals surface area contributed by atoms with Gasteiger partial charge in [0.25, 0.3) is 0 Å². The summed E-state index contributed by atoms with van der Waals surface area (Å²) >= 11 is 0. The Kier molecular flexibility index (Phi) is 4.30. The van der Waals surface area contributed by atoms with Crippen LogP contribution in [0.5, 0.6) is 0 Å². The number of hydrogen-bond donors (Lipinski definition) is 1. The monoisotopic (exact) mass is 260 g/mol. The molecule has 17 heavy (non-hydrogen) atoms. The molecule has 0 saturated carbocycles. The third-order valence-corrected chi connectivity index (χ3v) is 3.69. The Morgan fingerprint density at radius 1 is 1.53 bits per heavy atom. The van der Waals surface area contributed by atoms with E-state index in [9.17, 15) is 13.2 Å². The average molecular weight is 260 g/mol. The highest BCUT2D eigenvalue weighted by molar-refractivity contribution is 7.87. The Labute approximate surface area is 101 Å². The van der Waals surface area contributed by atoms with Crippen molar-refractivity contribution in [1.82, 2.24) is 9.03 Å². The van der Waals surface area contributed by atoms with Crippen LogP contribution in [0.4, 0.5) is 0 Å². The van der Waals surface area contributed by atoms with E-state index in [1.165, 1.54) is 13.3 Å². The summed E-state index contributed by atoms with van der Waals surface area (Å²) in [4.78, 5) is 11.6. The van der Waals surface area contributed by atoms with Crippen molar-refractivity contribution in [3.05, 3.63) is 23.7 Å². The van der Waals surface area contributed by atoms with Crippen LogP contribution in [-0.2, 0) is 10.2 Å². The van der Waals surface area contributed by atoms with Gasteiger partial charge in [0.2, 0.25) is 0 Å². The summed E-state index contributed by atoms with van der Waals surface area (Å²) in [7, 11) is -2.38. The van der Waals surface area contributed by atoms with Gasteiger partial charge >= 0.3 is 16.1 Å². The summed E-state index contributed by atoms with van der Waals surface area (Å²) in [5.74, 6) is -0.742. The molecule has 7 heteroatoms. The molecule has 0 aliphatic heterocycles. The highest BCUT2D eigenvalue weighted by Gasteiger charge is 2.23. The molecule has 6 nitrogen and oxygen atoms in total. The van der Waals surface area contributed by atoms with Crippen LogP contribution in [0.15, 0.2) is 16.7 Å². The lowest BCUT2D eigenvalue weighted by atomic mass is 10.3. The van der Waals surface area contributed by atoms with Crippen molar-refractivity contribution < 1.29 is 17.6 Å². The summed E-state index contributed by atoms with van der Waals surface area (Å²) in [5.41, 5.74) is 0.593. The molecule has 0 bridgehead atoms. The first-order chi connectivity index (χ1) is 7.88. The molecule has 1 aromatic heterocycles. The molecule has 96 valence electrons. The number of furan rings is 1. The number of nitrogens with zero attached hydrogens (tertiary/aromatic N) is 1. The Hall–Kier alpha value is -1.34. The molecular formula is C10H16N2O4S. The van der Waals surface area contributed by atoms with Gasteiger partial charge in [-0.2, -0.15) is 12.7 Å². The largest absolute Gasteiger partial charge is 0.459 e. The van der Waals surface area contributed by atoms with E-state index >= 15 is 0 Å². The van der Waals surface area contributed by atoms with Crippen molar-refractivity contribution in [2.24, 2.45) is 0 Å².